The molecule has 7 heteroatoms. The third-order valence-electron chi connectivity index (χ3n) is 2.33. The molecule has 19 heavy (non-hydrogen) atoms. The van der Waals surface area contributed by atoms with Crippen molar-refractivity contribution in [1.29, 1.82) is 0 Å². The molecule has 0 aliphatic rings. The maximum absolute atomic E-state index is 11.0. The van der Waals surface area contributed by atoms with Crippen LogP contribution in [0.5, 0.6) is 0 Å². The van der Waals surface area contributed by atoms with Crippen LogP contribution in [0.4, 0.5) is 11.4 Å². The molecule has 0 radical (unpaired) electrons. The number of rotatable bonds is 3. The molecule has 2 N–H and O–H groups in total. The van der Waals surface area contributed by atoms with E-state index in [0.29, 0.717) is 19.8 Å². The minimum Gasteiger partial charge on any atom is -0.393 e. The van der Waals surface area contributed by atoms with E-state index in [-0.39, 0.29) is 11.4 Å². The zero-order chi connectivity index (χ0) is 14.0. The number of hydrogen-bond acceptors (Lipinski definition) is 4. The van der Waals surface area contributed by atoms with Gasteiger partial charge in [-0.1, -0.05) is 41.0 Å². The van der Waals surface area contributed by atoms with Gasteiger partial charge in [0, 0.05) is 9.92 Å². The highest BCUT2D eigenvalue weighted by molar-refractivity contribution is 7.99. The number of nitro groups is 1. The molecule has 0 spiro atoms. The van der Waals surface area contributed by atoms with Crippen LogP contribution in [-0.2, 0) is 0 Å². The Morgan fingerprint density at radius 2 is 1.89 bits per heavy atom. The van der Waals surface area contributed by atoms with Crippen LogP contribution in [0, 0.1) is 10.1 Å². The molecule has 0 amide bonds. The second kappa shape index (κ2) is 5.69. The number of halogens is 2. The predicted molar refractivity (Wildman–Crippen MR) is 78.1 cm³/mol. The first kappa shape index (κ1) is 14.0. The molecule has 0 aromatic heterocycles. The Labute approximate surface area is 123 Å². The lowest BCUT2D eigenvalue weighted by Gasteiger charge is -2.06. The molecule has 2 aromatic rings. The van der Waals surface area contributed by atoms with E-state index in [9.17, 15) is 10.1 Å². The number of para-hydroxylation sites is 1. The van der Waals surface area contributed by atoms with Crippen LogP contribution in [0.15, 0.2) is 46.2 Å². The number of benzene rings is 2. The van der Waals surface area contributed by atoms with Crippen molar-refractivity contribution in [2.75, 3.05) is 5.73 Å². The van der Waals surface area contributed by atoms with Gasteiger partial charge in [0.1, 0.15) is 5.69 Å². The Morgan fingerprint density at radius 3 is 2.58 bits per heavy atom. The van der Waals surface area contributed by atoms with Crippen molar-refractivity contribution in [2.24, 2.45) is 0 Å². The molecule has 0 aliphatic carbocycles. The fourth-order valence-electron chi connectivity index (χ4n) is 1.49. The zero-order valence-electron chi connectivity index (χ0n) is 9.47. The van der Waals surface area contributed by atoms with Crippen LogP contribution in [0.3, 0.4) is 0 Å². The summed E-state index contributed by atoms with van der Waals surface area (Å²) in [6.45, 7) is 0. The minimum absolute atomic E-state index is 0.119. The first-order chi connectivity index (χ1) is 8.99. The van der Waals surface area contributed by atoms with E-state index >= 15 is 0 Å². The van der Waals surface area contributed by atoms with E-state index < -0.39 is 4.92 Å². The molecule has 4 nitrogen and oxygen atoms in total. The van der Waals surface area contributed by atoms with Crippen molar-refractivity contribution < 1.29 is 4.92 Å². The van der Waals surface area contributed by atoms with Crippen LogP contribution >= 0.6 is 35.0 Å². The minimum atomic E-state index is -0.504. The molecule has 0 saturated heterocycles. The van der Waals surface area contributed by atoms with Gasteiger partial charge in [-0.3, -0.25) is 10.1 Å². The standard InChI is InChI=1S/C12H8Cl2N2O2S/c13-7-4-5-8(14)11(6-7)19-10-3-1-2-9(15)12(10)16(17)18/h1-6H,15H2. The molecule has 0 aliphatic heterocycles. The average Bonchev–Trinajstić information content (AvgIpc) is 2.33. The molecule has 0 heterocycles. The summed E-state index contributed by atoms with van der Waals surface area (Å²) in [7, 11) is 0. The average molecular weight is 315 g/mol. The number of nitrogens with two attached hydrogens (primary N) is 1. The van der Waals surface area contributed by atoms with Crippen molar-refractivity contribution in [3.8, 4) is 0 Å². The summed E-state index contributed by atoms with van der Waals surface area (Å²) < 4.78 is 0. The number of nitrogen functional groups attached to an aromatic ring is 1. The molecule has 0 fully saturated rings. The fourth-order valence-corrected chi connectivity index (χ4v) is 2.99. The zero-order valence-corrected chi connectivity index (χ0v) is 11.8. The number of hydrogen-bond donors (Lipinski definition) is 1. The van der Waals surface area contributed by atoms with Gasteiger partial charge in [-0.2, -0.15) is 0 Å². The Balaban J connectivity index is 2.46. The Hall–Kier alpha value is -1.43. The first-order valence-electron chi connectivity index (χ1n) is 5.15. The molecule has 0 atom stereocenters. The molecule has 0 unspecified atom stereocenters. The molecule has 2 aromatic carbocycles. The quantitative estimate of drug-likeness (QED) is 0.509. The van der Waals surface area contributed by atoms with Gasteiger partial charge in [-0.05, 0) is 30.3 Å². The van der Waals surface area contributed by atoms with Crippen molar-refractivity contribution in [1.82, 2.24) is 0 Å². The second-order valence-electron chi connectivity index (χ2n) is 3.63. The largest absolute Gasteiger partial charge is 0.393 e. The smallest absolute Gasteiger partial charge is 0.305 e. The van der Waals surface area contributed by atoms with Crippen LogP contribution in [-0.4, -0.2) is 4.92 Å². The number of nitro benzene ring substituents is 1. The lowest BCUT2D eigenvalue weighted by Crippen LogP contribution is -1.97. The molecular formula is C12H8Cl2N2O2S. The molecule has 0 saturated carbocycles. The summed E-state index contributed by atoms with van der Waals surface area (Å²) in [5, 5.41) is 12.0. The maximum atomic E-state index is 11.0. The van der Waals surface area contributed by atoms with Gasteiger partial charge in [0.05, 0.1) is 14.8 Å². The predicted octanol–water partition coefficient (Wildman–Crippen LogP) is 4.64. The SMILES string of the molecule is Nc1cccc(Sc2cc(Cl)ccc2Cl)c1[N+](=O)[O-]. The van der Waals surface area contributed by atoms with Gasteiger partial charge >= 0.3 is 5.69 Å². The second-order valence-corrected chi connectivity index (χ2v) is 5.56. The maximum Gasteiger partial charge on any atom is 0.305 e. The van der Waals surface area contributed by atoms with Gasteiger partial charge in [0.25, 0.3) is 0 Å². The summed E-state index contributed by atoms with van der Waals surface area (Å²) in [5.74, 6) is 0. The van der Waals surface area contributed by atoms with Crippen LogP contribution in [0.25, 0.3) is 0 Å². The summed E-state index contributed by atoms with van der Waals surface area (Å²) in [6.07, 6.45) is 0. The van der Waals surface area contributed by atoms with E-state index in [1.165, 1.54) is 6.07 Å². The Kier molecular flexibility index (Phi) is 4.19. The van der Waals surface area contributed by atoms with Crippen LogP contribution in [0.2, 0.25) is 10.0 Å². The normalized spacial score (nSPS) is 10.4. The van der Waals surface area contributed by atoms with E-state index in [1.54, 1.807) is 30.3 Å². The number of nitrogens with zero attached hydrogens (tertiary/aromatic N) is 1. The highest BCUT2D eigenvalue weighted by Gasteiger charge is 2.19. The summed E-state index contributed by atoms with van der Waals surface area (Å²) in [5.41, 5.74) is 5.63. The van der Waals surface area contributed by atoms with Crippen LogP contribution in [0.1, 0.15) is 0 Å². The Bertz CT molecular complexity index is 650. The van der Waals surface area contributed by atoms with Crippen molar-refractivity contribution in [3.05, 3.63) is 56.6 Å². The number of anilines is 1. The highest BCUT2D eigenvalue weighted by atomic mass is 35.5. The lowest BCUT2D eigenvalue weighted by atomic mass is 10.3. The summed E-state index contributed by atoms with van der Waals surface area (Å²) in [6, 6.07) is 9.72. The van der Waals surface area contributed by atoms with Gasteiger partial charge in [-0.25, -0.2) is 0 Å². The van der Waals surface area contributed by atoms with Gasteiger partial charge in [0.15, 0.2) is 0 Å². The van der Waals surface area contributed by atoms with Gasteiger partial charge in [0.2, 0.25) is 0 Å². The summed E-state index contributed by atoms with van der Waals surface area (Å²) >= 11 is 13.1. The van der Waals surface area contributed by atoms with Crippen molar-refractivity contribution in [3.63, 3.8) is 0 Å². The third kappa shape index (κ3) is 3.12. The Morgan fingerprint density at radius 1 is 1.16 bits per heavy atom. The highest BCUT2D eigenvalue weighted by Crippen LogP contribution is 2.41. The van der Waals surface area contributed by atoms with Crippen LogP contribution < -0.4 is 5.73 Å². The van der Waals surface area contributed by atoms with Gasteiger partial charge < -0.3 is 5.73 Å². The first-order valence-corrected chi connectivity index (χ1v) is 6.72. The molecule has 0 bridgehead atoms. The summed E-state index contributed by atoms with van der Waals surface area (Å²) in [4.78, 5) is 11.6. The molecule has 2 rings (SSSR count). The van der Waals surface area contributed by atoms with E-state index in [1.807, 2.05) is 0 Å². The van der Waals surface area contributed by atoms with Crippen molar-refractivity contribution >= 4 is 46.3 Å². The molecule has 98 valence electrons. The van der Waals surface area contributed by atoms with E-state index in [4.69, 9.17) is 28.9 Å². The monoisotopic (exact) mass is 314 g/mol. The van der Waals surface area contributed by atoms with E-state index in [2.05, 4.69) is 0 Å². The molecular weight excluding hydrogens is 307 g/mol. The lowest BCUT2D eigenvalue weighted by molar-refractivity contribution is -0.386. The van der Waals surface area contributed by atoms with Crippen molar-refractivity contribution in [2.45, 2.75) is 9.79 Å². The van der Waals surface area contributed by atoms with E-state index in [0.717, 1.165) is 11.8 Å². The topological polar surface area (TPSA) is 69.2 Å². The fraction of sp³-hybridized carbons (Fsp3) is 0. The third-order valence-corrected chi connectivity index (χ3v) is 4.11. The van der Waals surface area contributed by atoms with Gasteiger partial charge in [-0.15, -0.1) is 0 Å².